The molecule has 2 aromatic carbocycles. The molecule has 0 spiro atoms. The van der Waals surface area contributed by atoms with Crippen molar-refractivity contribution in [2.45, 2.75) is 51.6 Å². The van der Waals surface area contributed by atoms with Gasteiger partial charge in [-0.1, -0.05) is 62.3 Å². The van der Waals surface area contributed by atoms with Gasteiger partial charge in [0.1, 0.15) is 33.0 Å². The minimum Gasteiger partial charge on any atom is -0.487 e. The zero-order chi connectivity index (χ0) is 27.6. The molecule has 0 aliphatic carbocycles. The number of ether oxygens (including phenoxy) is 7. The molecule has 0 fully saturated rings. The summed E-state index contributed by atoms with van der Waals surface area (Å²) in [5.74, 6) is 8.21. The van der Waals surface area contributed by atoms with Crippen LogP contribution >= 0.6 is 0 Å². The second-order valence-corrected chi connectivity index (χ2v) is 8.98. The second-order valence-electron chi connectivity index (χ2n) is 8.98. The SMILES string of the molecule is CCCCCCC#CC1(OCC(=O)OCC)COc2ccccc2OCCOCCOc2ccccc2OC1. The Morgan fingerprint density at radius 3 is 1.90 bits per heavy atom. The Hall–Kier alpha value is -3.41. The van der Waals surface area contributed by atoms with Crippen LogP contribution in [0.1, 0.15) is 46.0 Å². The van der Waals surface area contributed by atoms with Crippen LogP contribution < -0.4 is 18.9 Å². The van der Waals surface area contributed by atoms with E-state index in [-0.39, 0.29) is 26.4 Å². The molecular weight excluding hydrogens is 500 g/mol. The molecule has 0 radical (unpaired) electrons. The number of fused-ring (bicyclic) bond motifs is 2. The predicted octanol–water partition coefficient (Wildman–Crippen LogP) is 5.22. The van der Waals surface area contributed by atoms with Gasteiger partial charge in [-0.25, -0.2) is 4.79 Å². The summed E-state index contributed by atoms with van der Waals surface area (Å²) in [7, 11) is 0. The van der Waals surface area contributed by atoms with E-state index in [0.717, 1.165) is 25.7 Å². The van der Waals surface area contributed by atoms with Gasteiger partial charge >= 0.3 is 5.97 Å². The van der Waals surface area contributed by atoms with Gasteiger partial charge in [0.2, 0.25) is 0 Å². The minimum absolute atomic E-state index is 0.00569. The molecule has 0 aromatic heterocycles. The molecule has 1 aliphatic rings. The van der Waals surface area contributed by atoms with E-state index in [4.69, 9.17) is 33.2 Å². The van der Waals surface area contributed by atoms with E-state index in [0.29, 0.717) is 55.8 Å². The number of carbonyl (C=O) groups excluding carboxylic acids is 1. The van der Waals surface area contributed by atoms with Crippen LogP contribution in [0, 0.1) is 11.8 Å². The first-order chi connectivity index (χ1) is 19.2. The van der Waals surface area contributed by atoms with Crippen molar-refractivity contribution in [2.75, 3.05) is 52.9 Å². The molecule has 2 aromatic rings. The molecule has 212 valence electrons. The second kappa shape index (κ2) is 17.2. The number of para-hydroxylation sites is 4. The zero-order valence-electron chi connectivity index (χ0n) is 23.1. The molecule has 0 saturated carbocycles. The fourth-order valence-electron chi connectivity index (χ4n) is 3.79. The third kappa shape index (κ3) is 10.7. The molecule has 3 rings (SSSR count). The van der Waals surface area contributed by atoms with Crippen molar-refractivity contribution in [3.05, 3.63) is 48.5 Å². The minimum atomic E-state index is -1.27. The van der Waals surface area contributed by atoms with E-state index < -0.39 is 11.6 Å². The van der Waals surface area contributed by atoms with Gasteiger partial charge < -0.3 is 33.2 Å². The standard InChI is InChI=1S/C31H40O8/c1-3-5-6-7-8-13-18-31(39-23-30(32)34-4-2)24-37-28-16-11-9-14-26(28)35-21-19-33-20-22-36-27-15-10-12-17-29(27)38-25-31/h9-12,14-17H,3-8,19-25H2,1-2H3. The van der Waals surface area contributed by atoms with Crippen molar-refractivity contribution in [2.24, 2.45) is 0 Å². The molecule has 0 atom stereocenters. The van der Waals surface area contributed by atoms with Crippen LogP contribution in [0.25, 0.3) is 0 Å². The van der Waals surface area contributed by atoms with E-state index >= 15 is 0 Å². The molecular formula is C31H40O8. The first kappa shape index (κ1) is 30.1. The molecule has 39 heavy (non-hydrogen) atoms. The molecule has 0 bridgehead atoms. The smallest absolute Gasteiger partial charge is 0.332 e. The summed E-state index contributed by atoms with van der Waals surface area (Å²) in [6.45, 7) is 5.36. The number of carbonyl (C=O) groups is 1. The van der Waals surface area contributed by atoms with Gasteiger partial charge in [-0.05, 0) is 37.6 Å². The predicted molar refractivity (Wildman–Crippen MR) is 148 cm³/mol. The molecule has 0 unspecified atom stereocenters. The quantitative estimate of drug-likeness (QED) is 0.256. The Morgan fingerprint density at radius 2 is 1.36 bits per heavy atom. The van der Waals surface area contributed by atoms with Crippen molar-refractivity contribution >= 4 is 5.97 Å². The summed E-state index contributed by atoms with van der Waals surface area (Å²) in [5, 5.41) is 0. The van der Waals surface area contributed by atoms with E-state index in [1.165, 1.54) is 0 Å². The lowest BCUT2D eigenvalue weighted by molar-refractivity contribution is -0.155. The summed E-state index contributed by atoms with van der Waals surface area (Å²) in [5.41, 5.74) is -1.27. The van der Waals surface area contributed by atoms with E-state index in [1.54, 1.807) is 6.92 Å². The highest BCUT2D eigenvalue weighted by Crippen LogP contribution is 2.30. The Bertz CT molecular complexity index is 1000. The lowest BCUT2D eigenvalue weighted by Crippen LogP contribution is -2.45. The van der Waals surface area contributed by atoms with Gasteiger partial charge in [-0.15, -0.1) is 0 Å². The highest BCUT2D eigenvalue weighted by Gasteiger charge is 2.34. The zero-order valence-corrected chi connectivity index (χ0v) is 23.1. The number of rotatable bonds is 8. The lowest BCUT2D eigenvalue weighted by Gasteiger charge is -2.29. The van der Waals surface area contributed by atoms with Crippen LogP contribution in [-0.2, 0) is 19.0 Å². The van der Waals surface area contributed by atoms with Crippen molar-refractivity contribution < 1.29 is 38.0 Å². The van der Waals surface area contributed by atoms with Crippen LogP contribution in [0.4, 0.5) is 0 Å². The van der Waals surface area contributed by atoms with E-state index in [1.807, 2.05) is 48.5 Å². The summed E-state index contributed by atoms with van der Waals surface area (Å²) in [4.78, 5) is 12.3. The van der Waals surface area contributed by atoms with Crippen molar-refractivity contribution in [1.29, 1.82) is 0 Å². The average Bonchev–Trinajstić information content (AvgIpc) is 2.95. The van der Waals surface area contributed by atoms with Crippen molar-refractivity contribution in [1.82, 2.24) is 0 Å². The van der Waals surface area contributed by atoms with Crippen LogP contribution in [0.2, 0.25) is 0 Å². The highest BCUT2D eigenvalue weighted by atomic mass is 16.6. The largest absolute Gasteiger partial charge is 0.487 e. The maximum Gasteiger partial charge on any atom is 0.332 e. The third-order valence-corrected chi connectivity index (χ3v) is 5.83. The Labute approximate surface area is 231 Å². The lowest BCUT2D eigenvalue weighted by atomic mass is 10.1. The summed E-state index contributed by atoms with van der Waals surface area (Å²) in [6, 6.07) is 14.8. The number of hydrogen-bond acceptors (Lipinski definition) is 8. The van der Waals surface area contributed by atoms with Gasteiger partial charge in [0, 0.05) is 6.42 Å². The monoisotopic (exact) mass is 540 g/mol. The number of benzene rings is 2. The topological polar surface area (TPSA) is 81.7 Å². The Balaban J connectivity index is 1.92. The molecule has 0 N–H and O–H groups in total. The molecule has 1 heterocycles. The molecule has 0 saturated heterocycles. The van der Waals surface area contributed by atoms with Crippen molar-refractivity contribution in [3.8, 4) is 34.8 Å². The summed E-state index contributed by atoms with van der Waals surface area (Å²) < 4.78 is 41.2. The summed E-state index contributed by atoms with van der Waals surface area (Å²) in [6.07, 6.45) is 5.09. The van der Waals surface area contributed by atoms with Gasteiger partial charge in [0.25, 0.3) is 0 Å². The third-order valence-electron chi connectivity index (χ3n) is 5.83. The molecule has 8 heteroatoms. The maximum atomic E-state index is 12.3. The molecule has 0 amide bonds. The normalized spacial score (nSPS) is 15.4. The molecule has 8 nitrogen and oxygen atoms in total. The van der Waals surface area contributed by atoms with Gasteiger partial charge in [-0.2, -0.15) is 0 Å². The van der Waals surface area contributed by atoms with Crippen LogP contribution in [0.5, 0.6) is 23.0 Å². The Morgan fingerprint density at radius 1 is 0.795 bits per heavy atom. The molecule has 1 aliphatic heterocycles. The van der Waals surface area contributed by atoms with Crippen LogP contribution in [0.15, 0.2) is 48.5 Å². The fraction of sp³-hybridized carbons (Fsp3) is 0.516. The van der Waals surface area contributed by atoms with Gasteiger partial charge in [0.05, 0.1) is 19.8 Å². The number of hydrogen-bond donors (Lipinski definition) is 0. The number of unbranched alkanes of at least 4 members (excludes halogenated alkanes) is 4. The highest BCUT2D eigenvalue weighted by molar-refractivity contribution is 5.70. The first-order valence-corrected chi connectivity index (χ1v) is 13.7. The first-order valence-electron chi connectivity index (χ1n) is 13.7. The Kier molecular flexibility index (Phi) is 13.3. The van der Waals surface area contributed by atoms with Gasteiger partial charge in [-0.3, -0.25) is 0 Å². The van der Waals surface area contributed by atoms with E-state index in [9.17, 15) is 4.79 Å². The van der Waals surface area contributed by atoms with Crippen LogP contribution in [-0.4, -0.2) is 64.4 Å². The van der Waals surface area contributed by atoms with Crippen molar-refractivity contribution in [3.63, 3.8) is 0 Å². The number of esters is 1. The van der Waals surface area contributed by atoms with E-state index in [2.05, 4.69) is 18.8 Å². The summed E-state index contributed by atoms with van der Waals surface area (Å²) >= 11 is 0. The van der Waals surface area contributed by atoms with Crippen LogP contribution in [0.3, 0.4) is 0 Å². The van der Waals surface area contributed by atoms with Gasteiger partial charge in [0.15, 0.2) is 28.6 Å². The fourth-order valence-corrected chi connectivity index (χ4v) is 3.79. The average molecular weight is 541 g/mol. The maximum absolute atomic E-state index is 12.3.